The summed E-state index contributed by atoms with van der Waals surface area (Å²) in [4.78, 5) is 4.23. The summed E-state index contributed by atoms with van der Waals surface area (Å²) in [6, 6.07) is 5.97. The number of benzene rings is 1. The fourth-order valence-electron chi connectivity index (χ4n) is 2.05. The van der Waals surface area contributed by atoms with Gasteiger partial charge < -0.3 is 5.11 Å². The number of halogens is 1. The molecule has 19 heavy (non-hydrogen) atoms. The van der Waals surface area contributed by atoms with Crippen molar-refractivity contribution in [1.82, 2.24) is 14.8 Å². The van der Waals surface area contributed by atoms with Gasteiger partial charge in [-0.1, -0.05) is 40.5 Å². The maximum absolute atomic E-state index is 10.4. The van der Waals surface area contributed by atoms with Crippen LogP contribution in [0.1, 0.15) is 36.4 Å². The maximum atomic E-state index is 10.4. The fourth-order valence-corrected chi connectivity index (χ4v) is 2.56. The molecular formula is C14H18BrN3O. The topological polar surface area (TPSA) is 50.9 Å². The van der Waals surface area contributed by atoms with Crippen molar-refractivity contribution in [2.24, 2.45) is 0 Å². The quantitative estimate of drug-likeness (QED) is 0.920. The molecule has 1 atom stereocenters. The van der Waals surface area contributed by atoms with Crippen LogP contribution >= 0.6 is 15.9 Å². The molecular weight excluding hydrogens is 306 g/mol. The van der Waals surface area contributed by atoms with Crippen molar-refractivity contribution in [2.75, 3.05) is 0 Å². The zero-order valence-electron chi connectivity index (χ0n) is 11.2. The third-order valence-corrected chi connectivity index (χ3v) is 3.74. The van der Waals surface area contributed by atoms with E-state index in [-0.39, 0.29) is 0 Å². The van der Waals surface area contributed by atoms with Crippen LogP contribution in [0.15, 0.2) is 29.0 Å². The minimum Gasteiger partial charge on any atom is -0.388 e. The SMILES string of the molecule is CCCn1ncnc1CC(O)c1cc(C)ccc1Br. The lowest BCUT2D eigenvalue weighted by atomic mass is 10.0. The van der Waals surface area contributed by atoms with E-state index in [4.69, 9.17) is 0 Å². The lowest BCUT2D eigenvalue weighted by Gasteiger charge is -2.14. The first-order valence-electron chi connectivity index (χ1n) is 6.42. The number of aliphatic hydroxyl groups is 1. The lowest BCUT2D eigenvalue weighted by Crippen LogP contribution is -2.11. The van der Waals surface area contributed by atoms with Crippen molar-refractivity contribution >= 4 is 15.9 Å². The van der Waals surface area contributed by atoms with Gasteiger partial charge in [-0.05, 0) is 25.0 Å². The van der Waals surface area contributed by atoms with Crippen LogP contribution in [0, 0.1) is 6.92 Å². The molecule has 0 aliphatic heterocycles. The molecule has 0 saturated carbocycles. The van der Waals surface area contributed by atoms with Gasteiger partial charge in [-0.2, -0.15) is 5.10 Å². The second-order valence-corrected chi connectivity index (χ2v) is 5.50. The first-order chi connectivity index (χ1) is 9.11. The third kappa shape index (κ3) is 3.42. The zero-order valence-corrected chi connectivity index (χ0v) is 12.8. The maximum Gasteiger partial charge on any atom is 0.138 e. The van der Waals surface area contributed by atoms with Crippen LogP contribution in [0.5, 0.6) is 0 Å². The van der Waals surface area contributed by atoms with Crippen molar-refractivity contribution < 1.29 is 5.11 Å². The van der Waals surface area contributed by atoms with Gasteiger partial charge >= 0.3 is 0 Å². The summed E-state index contributed by atoms with van der Waals surface area (Å²) in [6.45, 7) is 4.94. The van der Waals surface area contributed by atoms with Crippen molar-refractivity contribution in [3.63, 3.8) is 0 Å². The Labute approximate surface area is 121 Å². The summed E-state index contributed by atoms with van der Waals surface area (Å²) in [6.07, 6.45) is 2.44. The van der Waals surface area contributed by atoms with Gasteiger partial charge in [0.05, 0.1) is 6.10 Å². The van der Waals surface area contributed by atoms with Crippen molar-refractivity contribution in [3.05, 3.63) is 46.0 Å². The average Bonchev–Trinajstić information content (AvgIpc) is 2.80. The number of aryl methyl sites for hydroxylation is 2. The molecule has 102 valence electrons. The molecule has 5 heteroatoms. The predicted molar refractivity (Wildman–Crippen MR) is 77.9 cm³/mol. The first-order valence-corrected chi connectivity index (χ1v) is 7.22. The van der Waals surface area contributed by atoms with Crippen LogP contribution in [0.2, 0.25) is 0 Å². The summed E-state index contributed by atoms with van der Waals surface area (Å²) in [7, 11) is 0. The van der Waals surface area contributed by atoms with Crippen molar-refractivity contribution in [1.29, 1.82) is 0 Å². The monoisotopic (exact) mass is 323 g/mol. The van der Waals surface area contributed by atoms with Crippen LogP contribution < -0.4 is 0 Å². The van der Waals surface area contributed by atoms with Gasteiger partial charge in [0.1, 0.15) is 12.2 Å². The van der Waals surface area contributed by atoms with Crippen LogP contribution in [-0.4, -0.2) is 19.9 Å². The minimum atomic E-state index is -0.575. The normalized spacial score (nSPS) is 12.6. The Kier molecular flexibility index (Phi) is 4.71. The molecule has 0 amide bonds. The summed E-state index contributed by atoms with van der Waals surface area (Å²) >= 11 is 3.48. The van der Waals surface area contributed by atoms with E-state index in [0.29, 0.717) is 6.42 Å². The van der Waals surface area contributed by atoms with Crippen LogP contribution in [0.25, 0.3) is 0 Å². The van der Waals surface area contributed by atoms with E-state index in [1.54, 1.807) is 6.33 Å². The van der Waals surface area contributed by atoms with E-state index < -0.39 is 6.10 Å². The second-order valence-electron chi connectivity index (χ2n) is 4.64. The largest absolute Gasteiger partial charge is 0.388 e. The molecule has 1 aromatic carbocycles. The number of aromatic nitrogens is 3. The van der Waals surface area contributed by atoms with E-state index in [9.17, 15) is 5.11 Å². The average molecular weight is 324 g/mol. The van der Waals surface area contributed by atoms with Crippen LogP contribution in [0.4, 0.5) is 0 Å². The third-order valence-electron chi connectivity index (χ3n) is 3.02. The highest BCUT2D eigenvalue weighted by Gasteiger charge is 2.15. The van der Waals surface area contributed by atoms with E-state index in [1.807, 2.05) is 29.8 Å². The van der Waals surface area contributed by atoms with Gasteiger partial charge in [-0.15, -0.1) is 0 Å². The number of hydrogen-bond acceptors (Lipinski definition) is 3. The molecule has 0 radical (unpaired) electrons. The van der Waals surface area contributed by atoms with Crippen LogP contribution in [0.3, 0.4) is 0 Å². The van der Waals surface area contributed by atoms with E-state index >= 15 is 0 Å². The molecule has 0 saturated heterocycles. The Morgan fingerprint density at radius 3 is 2.95 bits per heavy atom. The molecule has 0 aliphatic carbocycles. The number of nitrogens with zero attached hydrogens (tertiary/aromatic N) is 3. The molecule has 4 nitrogen and oxygen atoms in total. The molecule has 2 aromatic rings. The van der Waals surface area contributed by atoms with Gasteiger partial charge in [0, 0.05) is 17.4 Å². The molecule has 1 heterocycles. The molecule has 0 spiro atoms. The predicted octanol–water partition coefficient (Wildman–Crippen LogP) is 3.04. The van der Waals surface area contributed by atoms with Gasteiger partial charge in [0.25, 0.3) is 0 Å². The van der Waals surface area contributed by atoms with E-state index in [2.05, 4.69) is 32.9 Å². The molecule has 0 fully saturated rings. The fraction of sp³-hybridized carbons (Fsp3) is 0.429. The van der Waals surface area contributed by atoms with Gasteiger partial charge in [0.15, 0.2) is 0 Å². The lowest BCUT2D eigenvalue weighted by molar-refractivity contribution is 0.173. The summed E-state index contributed by atoms with van der Waals surface area (Å²) < 4.78 is 2.78. The van der Waals surface area contributed by atoms with E-state index in [1.165, 1.54) is 0 Å². The molecule has 1 aromatic heterocycles. The number of rotatable bonds is 5. The summed E-state index contributed by atoms with van der Waals surface area (Å²) in [5.74, 6) is 0.822. The van der Waals surface area contributed by atoms with Crippen molar-refractivity contribution in [3.8, 4) is 0 Å². The Bertz CT molecular complexity index is 553. The molecule has 2 rings (SSSR count). The summed E-state index contributed by atoms with van der Waals surface area (Å²) in [5, 5.41) is 14.6. The van der Waals surface area contributed by atoms with Gasteiger partial charge in [-0.3, -0.25) is 4.68 Å². The highest BCUT2D eigenvalue weighted by Crippen LogP contribution is 2.26. The number of hydrogen-bond donors (Lipinski definition) is 1. The van der Waals surface area contributed by atoms with Gasteiger partial charge in [0.2, 0.25) is 0 Å². The molecule has 1 N–H and O–H groups in total. The Hall–Kier alpha value is -1.20. The zero-order chi connectivity index (χ0) is 13.8. The Balaban J connectivity index is 2.18. The highest BCUT2D eigenvalue weighted by molar-refractivity contribution is 9.10. The van der Waals surface area contributed by atoms with E-state index in [0.717, 1.165) is 34.4 Å². The van der Waals surface area contributed by atoms with Crippen molar-refractivity contribution in [2.45, 2.75) is 39.3 Å². The van der Waals surface area contributed by atoms with Gasteiger partial charge in [-0.25, -0.2) is 4.98 Å². The molecule has 0 bridgehead atoms. The summed E-state index contributed by atoms with van der Waals surface area (Å²) in [5.41, 5.74) is 2.03. The highest BCUT2D eigenvalue weighted by atomic mass is 79.9. The Morgan fingerprint density at radius 2 is 2.21 bits per heavy atom. The minimum absolute atomic E-state index is 0.474. The molecule has 1 unspecified atom stereocenters. The molecule has 0 aliphatic rings. The second kappa shape index (κ2) is 6.30. The smallest absolute Gasteiger partial charge is 0.138 e. The standard InChI is InChI=1S/C14H18BrN3O/c1-3-6-18-14(16-9-17-18)8-13(19)11-7-10(2)4-5-12(11)15/h4-5,7,9,13,19H,3,6,8H2,1-2H3. The first kappa shape index (κ1) is 14.2. The number of aliphatic hydroxyl groups excluding tert-OH is 1. The Morgan fingerprint density at radius 1 is 1.42 bits per heavy atom. The van der Waals surface area contributed by atoms with Crippen LogP contribution in [-0.2, 0) is 13.0 Å².